The third-order valence-electron chi connectivity index (χ3n) is 5.13. The maximum absolute atomic E-state index is 12.5. The molecule has 0 fully saturated rings. The van der Waals surface area contributed by atoms with E-state index in [1.807, 2.05) is 12.3 Å². The second-order valence-electron chi connectivity index (χ2n) is 7.16. The zero-order chi connectivity index (χ0) is 19.5. The molecule has 1 N–H and O–H groups in total. The molecule has 2 heterocycles. The van der Waals surface area contributed by atoms with Crippen molar-refractivity contribution >= 4 is 29.0 Å². The molecule has 146 valence electrons. The van der Waals surface area contributed by atoms with Crippen molar-refractivity contribution in [3.63, 3.8) is 0 Å². The van der Waals surface area contributed by atoms with Crippen LogP contribution in [-0.2, 0) is 17.0 Å². The van der Waals surface area contributed by atoms with Gasteiger partial charge in [-0.25, -0.2) is 4.98 Å². The van der Waals surface area contributed by atoms with Crippen LogP contribution in [0.25, 0.3) is 10.8 Å². The maximum Gasteiger partial charge on any atom is 0.237 e. The Bertz CT molecular complexity index is 977. The molecule has 0 unspecified atom stereocenters. The predicted molar refractivity (Wildman–Crippen MR) is 116 cm³/mol. The molecule has 3 aromatic rings. The largest absolute Gasteiger partial charge is 0.440 e. The summed E-state index contributed by atoms with van der Waals surface area (Å²) in [5, 5.41) is 5.26. The first kappa shape index (κ1) is 19.3. The first-order valence-corrected chi connectivity index (χ1v) is 11.6. The zero-order valence-electron chi connectivity index (χ0n) is 16.2. The van der Waals surface area contributed by atoms with Gasteiger partial charge in [0.15, 0.2) is 0 Å². The Balaban J connectivity index is 1.32. The molecule has 0 bridgehead atoms. The summed E-state index contributed by atoms with van der Waals surface area (Å²) in [7, 11) is 0. The van der Waals surface area contributed by atoms with Crippen LogP contribution in [0.3, 0.4) is 0 Å². The molecule has 0 saturated carbocycles. The van der Waals surface area contributed by atoms with Crippen LogP contribution < -0.4 is 5.32 Å². The van der Waals surface area contributed by atoms with E-state index in [0.717, 1.165) is 35.6 Å². The third-order valence-corrected chi connectivity index (χ3v) is 7.07. The second kappa shape index (κ2) is 8.53. The molecule has 4 nitrogen and oxygen atoms in total. The van der Waals surface area contributed by atoms with E-state index in [0.29, 0.717) is 17.4 Å². The molecule has 4 rings (SSSR count). The van der Waals surface area contributed by atoms with Crippen molar-refractivity contribution in [1.29, 1.82) is 0 Å². The SMILES string of the molecule is Cc1ccsc1-c1nc(CSCC(=O)N[C@H]2CCCc3ccccc32)c(C)o1. The lowest BCUT2D eigenvalue weighted by atomic mass is 9.88. The topological polar surface area (TPSA) is 55.1 Å². The Hall–Kier alpha value is -2.05. The first-order chi connectivity index (χ1) is 13.6. The van der Waals surface area contributed by atoms with Gasteiger partial charge in [-0.05, 0) is 61.2 Å². The van der Waals surface area contributed by atoms with Crippen molar-refractivity contribution in [2.24, 2.45) is 0 Å². The zero-order valence-corrected chi connectivity index (χ0v) is 17.8. The van der Waals surface area contributed by atoms with Crippen molar-refractivity contribution in [2.45, 2.75) is 44.9 Å². The quantitative estimate of drug-likeness (QED) is 0.585. The molecule has 2 aromatic heterocycles. The number of aromatic nitrogens is 1. The number of carbonyl (C=O) groups excluding carboxylic acids is 1. The third kappa shape index (κ3) is 4.18. The van der Waals surface area contributed by atoms with Crippen LogP contribution in [0.15, 0.2) is 40.1 Å². The molecule has 0 saturated heterocycles. The van der Waals surface area contributed by atoms with Crippen LogP contribution in [0.5, 0.6) is 0 Å². The van der Waals surface area contributed by atoms with Gasteiger partial charge in [0.25, 0.3) is 0 Å². The van der Waals surface area contributed by atoms with Crippen LogP contribution in [0.4, 0.5) is 0 Å². The first-order valence-electron chi connectivity index (χ1n) is 9.57. The van der Waals surface area contributed by atoms with Gasteiger partial charge in [0.2, 0.25) is 11.8 Å². The molecule has 6 heteroatoms. The van der Waals surface area contributed by atoms with Crippen LogP contribution >= 0.6 is 23.1 Å². The lowest BCUT2D eigenvalue weighted by Crippen LogP contribution is -2.32. The van der Waals surface area contributed by atoms with Crippen molar-refractivity contribution < 1.29 is 9.21 Å². The van der Waals surface area contributed by atoms with E-state index in [9.17, 15) is 4.79 Å². The molecule has 0 aliphatic heterocycles. The number of oxazole rings is 1. The number of hydrogen-bond donors (Lipinski definition) is 1. The number of amides is 1. The van der Waals surface area contributed by atoms with E-state index in [1.54, 1.807) is 23.1 Å². The number of nitrogens with zero attached hydrogens (tertiary/aromatic N) is 1. The Kier molecular flexibility index (Phi) is 5.87. The molecule has 0 spiro atoms. The van der Waals surface area contributed by atoms with Crippen molar-refractivity contribution in [2.75, 3.05) is 5.75 Å². The van der Waals surface area contributed by atoms with Gasteiger partial charge in [-0.3, -0.25) is 4.79 Å². The van der Waals surface area contributed by atoms with E-state index in [1.165, 1.54) is 16.7 Å². The smallest absolute Gasteiger partial charge is 0.237 e. The number of benzene rings is 1. The molecular weight excluding hydrogens is 388 g/mol. The van der Waals surface area contributed by atoms with Gasteiger partial charge in [-0.15, -0.1) is 23.1 Å². The summed E-state index contributed by atoms with van der Waals surface area (Å²) < 4.78 is 5.84. The van der Waals surface area contributed by atoms with E-state index in [-0.39, 0.29) is 11.9 Å². The number of carbonyl (C=O) groups is 1. The lowest BCUT2D eigenvalue weighted by molar-refractivity contribution is -0.119. The van der Waals surface area contributed by atoms with Crippen molar-refractivity contribution in [3.8, 4) is 10.8 Å². The fourth-order valence-electron chi connectivity index (χ4n) is 3.63. The molecule has 0 radical (unpaired) electrons. The normalized spacial score (nSPS) is 16.0. The molecule has 1 aliphatic carbocycles. The highest BCUT2D eigenvalue weighted by molar-refractivity contribution is 7.99. The monoisotopic (exact) mass is 412 g/mol. The molecule has 1 amide bonds. The van der Waals surface area contributed by atoms with Crippen LogP contribution in [0, 0.1) is 13.8 Å². The van der Waals surface area contributed by atoms with E-state index in [2.05, 4.69) is 47.6 Å². The molecule has 28 heavy (non-hydrogen) atoms. The van der Waals surface area contributed by atoms with Crippen LogP contribution in [0.1, 0.15) is 47.0 Å². The van der Waals surface area contributed by atoms with Gasteiger partial charge in [0.05, 0.1) is 22.4 Å². The number of nitrogens with one attached hydrogen (secondary N) is 1. The highest BCUT2D eigenvalue weighted by Crippen LogP contribution is 2.31. The Morgan fingerprint density at radius 2 is 2.18 bits per heavy atom. The minimum Gasteiger partial charge on any atom is -0.440 e. The van der Waals surface area contributed by atoms with E-state index >= 15 is 0 Å². The van der Waals surface area contributed by atoms with Gasteiger partial charge in [0, 0.05) is 5.75 Å². The minimum absolute atomic E-state index is 0.0853. The van der Waals surface area contributed by atoms with E-state index < -0.39 is 0 Å². The summed E-state index contributed by atoms with van der Waals surface area (Å²) >= 11 is 3.22. The summed E-state index contributed by atoms with van der Waals surface area (Å²) in [6, 6.07) is 10.6. The Morgan fingerprint density at radius 1 is 1.32 bits per heavy atom. The van der Waals surface area contributed by atoms with Crippen LogP contribution in [-0.4, -0.2) is 16.6 Å². The highest BCUT2D eigenvalue weighted by atomic mass is 32.2. The fourth-order valence-corrected chi connectivity index (χ4v) is 5.31. The average Bonchev–Trinajstić information content (AvgIpc) is 3.27. The molecule has 1 aromatic carbocycles. The summed E-state index contributed by atoms with van der Waals surface area (Å²) in [6.07, 6.45) is 3.24. The van der Waals surface area contributed by atoms with Gasteiger partial charge < -0.3 is 9.73 Å². The number of hydrogen-bond acceptors (Lipinski definition) is 5. The van der Waals surface area contributed by atoms with Gasteiger partial charge in [-0.1, -0.05) is 24.3 Å². The van der Waals surface area contributed by atoms with Gasteiger partial charge in [-0.2, -0.15) is 0 Å². The number of fused-ring (bicyclic) bond motifs is 1. The number of thioether (sulfide) groups is 1. The summed E-state index contributed by atoms with van der Waals surface area (Å²) in [4.78, 5) is 18.2. The van der Waals surface area contributed by atoms with Crippen LogP contribution in [0.2, 0.25) is 0 Å². The highest BCUT2D eigenvalue weighted by Gasteiger charge is 2.21. The maximum atomic E-state index is 12.5. The Labute approximate surface area is 173 Å². The fraction of sp³-hybridized carbons (Fsp3) is 0.364. The standard InChI is InChI=1S/C22H24N2O2S2/c1-14-10-11-28-21(14)22-24-19(15(2)26-22)12-27-13-20(25)23-18-9-5-7-16-6-3-4-8-17(16)18/h3-4,6,8,10-11,18H,5,7,9,12-13H2,1-2H3,(H,23,25)/t18-/m0/s1. The number of aryl methyl sites for hydroxylation is 3. The predicted octanol–water partition coefficient (Wildman–Crippen LogP) is 5.45. The summed E-state index contributed by atoms with van der Waals surface area (Å²) in [5.74, 6) is 2.70. The minimum atomic E-state index is 0.0853. The lowest BCUT2D eigenvalue weighted by Gasteiger charge is -2.26. The summed E-state index contributed by atoms with van der Waals surface area (Å²) in [6.45, 7) is 4.00. The molecule has 1 aliphatic rings. The number of thiophene rings is 1. The van der Waals surface area contributed by atoms with Gasteiger partial charge in [0.1, 0.15) is 5.76 Å². The average molecular weight is 413 g/mol. The van der Waals surface area contributed by atoms with E-state index in [4.69, 9.17) is 4.42 Å². The second-order valence-corrected chi connectivity index (χ2v) is 9.06. The Morgan fingerprint density at radius 3 is 3.00 bits per heavy atom. The number of rotatable bonds is 6. The molecule has 1 atom stereocenters. The summed E-state index contributed by atoms with van der Waals surface area (Å²) in [5.41, 5.74) is 4.73. The molecular formula is C22H24N2O2S2. The van der Waals surface area contributed by atoms with Crippen molar-refractivity contribution in [3.05, 3.63) is 63.9 Å². The van der Waals surface area contributed by atoms with Gasteiger partial charge >= 0.3 is 0 Å². The van der Waals surface area contributed by atoms with Crippen molar-refractivity contribution in [1.82, 2.24) is 10.3 Å².